The van der Waals surface area contributed by atoms with Crippen LogP contribution in [0.15, 0.2) is 11.6 Å². The lowest BCUT2D eigenvalue weighted by molar-refractivity contribution is -0.139. The summed E-state index contributed by atoms with van der Waals surface area (Å²) in [6, 6.07) is 0. The van der Waals surface area contributed by atoms with Gasteiger partial charge in [0.05, 0.1) is 36.6 Å². The number of unbranched alkanes of at least 4 members (excludes halogenated alkanes) is 13. The molecule has 2 aliphatic heterocycles. The normalized spacial score (nSPS) is 23.5. The molecule has 0 radical (unpaired) electrons. The molecule has 0 bridgehead atoms. The Balaban J connectivity index is 1.41. The van der Waals surface area contributed by atoms with Crippen molar-refractivity contribution in [3.63, 3.8) is 0 Å². The first-order valence-electron chi connectivity index (χ1n) is 17.6. The number of aliphatic hydroxyl groups excluding tert-OH is 4. The second-order valence-corrected chi connectivity index (χ2v) is 13.1. The van der Waals surface area contributed by atoms with E-state index in [1.807, 2.05) is 0 Å². The van der Waals surface area contributed by atoms with Crippen LogP contribution in [0.1, 0.15) is 162 Å². The molecule has 7 atom stereocenters. The van der Waals surface area contributed by atoms with E-state index >= 15 is 0 Å². The Morgan fingerprint density at radius 1 is 0.738 bits per heavy atom. The molecule has 0 aliphatic carbocycles. The number of esters is 1. The summed E-state index contributed by atoms with van der Waals surface area (Å²) in [5, 5.41) is 41.4. The van der Waals surface area contributed by atoms with Gasteiger partial charge in [-0.3, -0.25) is 0 Å². The fourth-order valence-electron chi connectivity index (χ4n) is 6.40. The van der Waals surface area contributed by atoms with Crippen LogP contribution in [0.5, 0.6) is 0 Å². The molecule has 0 aromatic heterocycles. The Hall–Kier alpha value is -0.990. The van der Waals surface area contributed by atoms with Crippen LogP contribution >= 0.6 is 0 Å². The van der Waals surface area contributed by atoms with Crippen LogP contribution in [0.3, 0.4) is 0 Å². The van der Waals surface area contributed by atoms with Gasteiger partial charge >= 0.3 is 5.97 Å². The zero-order valence-electron chi connectivity index (χ0n) is 26.9. The van der Waals surface area contributed by atoms with Crippen molar-refractivity contribution >= 4 is 5.97 Å². The number of carbonyl (C=O) groups excluding carboxylic acids is 1. The van der Waals surface area contributed by atoms with Crippen LogP contribution in [0.25, 0.3) is 0 Å². The summed E-state index contributed by atoms with van der Waals surface area (Å²) in [6.45, 7) is 4.05. The van der Waals surface area contributed by atoms with E-state index in [0.29, 0.717) is 24.8 Å². The van der Waals surface area contributed by atoms with Gasteiger partial charge in [0.1, 0.15) is 6.10 Å². The lowest BCUT2D eigenvalue weighted by Gasteiger charge is -2.20. The van der Waals surface area contributed by atoms with Crippen molar-refractivity contribution in [2.24, 2.45) is 0 Å². The molecule has 1 fully saturated rings. The van der Waals surface area contributed by atoms with Gasteiger partial charge in [0.15, 0.2) is 0 Å². The van der Waals surface area contributed by atoms with Gasteiger partial charge in [0, 0.05) is 12.0 Å². The van der Waals surface area contributed by atoms with Gasteiger partial charge in [-0.05, 0) is 57.9 Å². The topological polar surface area (TPSA) is 116 Å². The number of carbonyl (C=O) groups is 1. The Bertz CT molecular complexity index is 726. The molecule has 7 heteroatoms. The predicted octanol–water partition coefficient (Wildman–Crippen LogP) is 7.06. The fourth-order valence-corrected chi connectivity index (χ4v) is 6.40. The maximum absolute atomic E-state index is 11.7. The Morgan fingerprint density at radius 2 is 1.31 bits per heavy atom. The van der Waals surface area contributed by atoms with E-state index in [1.165, 1.54) is 70.6 Å². The van der Waals surface area contributed by atoms with Crippen LogP contribution in [0, 0.1) is 0 Å². The van der Waals surface area contributed by atoms with E-state index in [0.717, 1.165) is 51.4 Å². The number of rotatable bonds is 26. The summed E-state index contributed by atoms with van der Waals surface area (Å²) in [7, 11) is 0. The van der Waals surface area contributed by atoms with E-state index < -0.39 is 18.3 Å². The molecular weight excluding hydrogens is 532 g/mol. The molecule has 4 N–H and O–H groups in total. The molecule has 246 valence electrons. The average Bonchev–Trinajstić information content (AvgIpc) is 3.57. The lowest BCUT2D eigenvalue weighted by Crippen LogP contribution is -2.27. The standard InChI is InChI=1S/C35H64O7/c1-3-4-5-6-7-8-9-10-11-12-13-16-20-33(39)34-24-22-30(42-34)18-15-14-17-19-31(37)32(38)23-21-29(36)26-28-25-27(2)41-35(28)40/h25,27,29-34,36-39H,3-24,26H2,1-2H3/t27-,29+,30-,31-,32-,33+,34+/m0/s1. The highest BCUT2D eigenvalue weighted by Gasteiger charge is 2.30. The molecule has 42 heavy (non-hydrogen) atoms. The van der Waals surface area contributed by atoms with Gasteiger partial charge in [-0.1, -0.05) is 103 Å². The van der Waals surface area contributed by atoms with Crippen LogP contribution in [-0.4, -0.2) is 69.1 Å². The molecule has 0 spiro atoms. The third-order valence-corrected chi connectivity index (χ3v) is 9.14. The predicted molar refractivity (Wildman–Crippen MR) is 168 cm³/mol. The lowest BCUT2D eigenvalue weighted by atomic mass is 9.97. The van der Waals surface area contributed by atoms with Crippen molar-refractivity contribution in [2.45, 2.75) is 204 Å². The Kier molecular flexibility index (Phi) is 19.9. The van der Waals surface area contributed by atoms with Crippen molar-refractivity contribution in [3.8, 4) is 0 Å². The zero-order valence-corrected chi connectivity index (χ0v) is 26.9. The average molecular weight is 597 g/mol. The summed E-state index contributed by atoms with van der Waals surface area (Å²) >= 11 is 0. The maximum Gasteiger partial charge on any atom is 0.334 e. The van der Waals surface area contributed by atoms with Crippen LogP contribution in [0.4, 0.5) is 0 Å². The largest absolute Gasteiger partial charge is 0.455 e. The monoisotopic (exact) mass is 596 g/mol. The summed E-state index contributed by atoms with van der Waals surface area (Å²) in [5.74, 6) is -0.383. The minimum atomic E-state index is -0.881. The van der Waals surface area contributed by atoms with Gasteiger partial charge in [0.2, 0.25) is 0 Å². The summed E-state index contributed by atoms with van der Waals surface area (Å²) in [6.07, 6.45) is 22.7. The van der Waals surface area contributed by atoms with Crippen molar-refractivity contribution in [1.82, 2.24) is 0 Å². The first kappa shape index (κ1) is 37.2. The van der Waals surface area contributed by atoms with Gasteiger partial charge in [-0.15, -0.1) is 0 Å². The first-order valence-corrected chi connectivity index (χ1v) is 17.6. The van der Waals surface area contributed by atoms with E-state index in [9.17, 15) is 25.2 Å². The van der Waals surface area contributed by atoms with E-state index in [1.54, 1.807) is 13.0 Å². The number of ether oxygens (including phenoxy) is 2. The van der Waals surface area contributed by atoms with Crippen molar-refractivity contribution in [3.05, 3.63) is 11.6 Å². The summed E-state index contributed by atoms with van der Waals surface area (Å²) < 4.78 is 11.2. The van der Waals surface area contributed by atoms with Gasteiger partial charge < -0.3 is 29.9 Å². The number of hydrogen-bond acceptors (Lipinski definition) is 7. The van der Waals surface area contributed by atoms with Crippen molar-refractivity contribution in [1.29, 1.82) is 0 Å². The van der Waals surface area contributed by atoms with Crippen molar-refractivity contribution in [2.75, 3.05) is 0 Å². The highest BCUT2D eigenvalue weighted by atomic mass is 16.5. The summed E-state index contributed by atoms with van der Waals surface area (Å²) in [5.41, 5.74) is 0.483. The molecule has 0 saturated carbocycles. The minimum absolute atomic E-state index is 0.0194. The van der Waals surface area contributed by atoms with Crippen LogP contribution < -0.4 is 0 Å². The minimum Gasteiger partial charge on any atom is -0.455 e. The van der Waals surface area contributed by atoms with Crippen LogP contribution in [-0.2, 0) is 14.3 Å². The molecular formula is C35H64O7. The quantitative estimate of drug-likeness (QED) is 0.0624. The molecule has 0 unspecified atom stereocenters. The molecule has 0 aromatic carbocycles. The molecule has 2 rings (SSSR count). The fraction of sp³-hybridized carbons (Fsp3) is 0.914. The maximum atomic E-state index is 11.7. The Morgan fingerprint density at radius 3 is 1.93 bits per heavy atom. The van der Waals surface area contributed by atoms with Gasteiger partial charge in [-0.25, -0.2) is 4.79 Å². The highest BCUT2D eigenvalue weighted by molar-refractivity contribution is 5.90. The molecule has 0 aromatic rings. The second-order valence-electron chi connectivity index (χ2n) is 13.1. The van der Waals surface area contributed by atoms with E-state index in [2.05, 4.69) is 6.92 Å². The van der Waals surface area contributed by atoms with Crippen LogP contribution in [0.2, 0.25) is 0 Å². The molecule has 7 nitrogen and oxygen atoms in total. The molecule has 2 heterocycles. The van der Waals surface area contributed by atoms with Gasteiger partial charge in [-0.2, -0.15) is 0 Å². The third kappa shape index (κ3) is 16.2. The SMILES string of the molecule is CCCCCCCCCCCCCC[C@@H](O)[C@H]1CC[C@H](CCCCC[C@H](O)[C@@H](O)CC[C@@H](O)CC2=C[C@H](C)OC2=O)O1. The molecule has 0 amide bonds. The molecule has 1 saturated heterocycles. The zero-order chi connectivity index (χ0) is 30.6. The highest BCUT2D eigenvalue weighted by Crippen LogP contribution is 2.28. The number of hydrogen-bond donors (Lipinski definition) is 4. The number of aliphatic hydroxyl groups is 4. The van der Waals surface area contributed by atoms with Crippen molar-refractivity contribution < 1.29 is 34.7 Å². The summed E-state index contributed by atoms with van der Waals surface area (Å²) in [4.78, 5) is 11.7. The number of cyclic esters (lactones) is 1. The van der Waals surface area contributed by atoms with E-state index in [-0.39, 0.29) is 36.8 Å². The first-order chi connectivity index (χ1) is 20.3. The molecule has 2 aliphatic rings. The van der Waals surface area contributed by atoms with E-state index in [4.69, 9.17) is 9.47 Å². The van der Waals surface area contributed by atoms with Gasteiger partial charge in [0.25, 0.3) is 0 Å². The third-order valence-electron chi connectivity index (χ3n) is 9.14. The second kappa shape index (κ2) is 22.5. The smallest absolute Gasteiger partial charge is 0.334 e. The Labute approximate surface area is 256 Å².